The number of hydrogen-bond acceptors (Lipinski definition) is 6. The van der Waals surface area contributed by atoms with E-state index in [9.17, 15) is 14.4 Å². The molecule has 1 aliphatic carbocycles. The van der Waals surface area contributed by atoms with E-state index in [1.807, 2.05) is 107 Å². The topological polar surface area (TPSA) is 105 Å². The van der Waals surface area contributed by atoms with Crippen molar-refractivity contribution in [3.05, 3.63) is 117 Å². The molecule has 3 aromatic carbocycles. The molecule has 0 spiro atoms. The Morgan fingerprint density at radius 2 is 1.54 bits per heavy atom. The molecule has 5 atom stereocenters. The number of halogens is 2. The Hall–Kier alpha value is -4.80. The molecule has 3 aromatic rings. The maximum atomic E-state index is 15.2. The Morgan fingerprint density at radius 1 is 0.860 bits per heavy atom. The number of rotatable bonds is 7. The number of carbonyl (C=O) groups is 4. The number of benzene rings is 3. The van der Waals surface area contributed by atoms with Gasteiger partial charge in [-0.15, -0.1) is 0 Å². The van der Waals surface area contributed by atoms with Crippen molar-refractivity contribution in [3.8, 4) is 0 Å². The quantitative estimate of drug-likeness (QED) is 0.262. The van der Waals surface area contributed by atoms with Crippen molar-refractivity contribution in [2.24, 2.45) is 17.8 Å². The maximum Gasteiger partial charge on any atom is 0.254 e. The van der Waals surface area contributed by atoms with Crippen LogP contribution < -0.4 is 15.5 Å². The van der Waals surface area contributed by atoms with Gasteiger partial charge < -0.3 is 30.2 Å². The summed E-state index contributed by atoms with van der Waals surface area (Å²) in [5.74, 6) is -1.04. The Balaban J connectivity index is 1.17. The van der Waals surface area contributed by atoms with E-state index in [1.165, 1.54) is 0 Å². The minimum absolute atomic E-state index is 0.0370. The first-order valence-electron chi connectivity index (χ1n) is 19.8. The summed E-state index contributed by atoms with van der Waals surface area (Å²) in [6.45, 7) is 10.7. The number of anilines is 2. The molecule has 0 aromatic heterocycles. The zero-order chi connectivity index (χ0) is 40.7. The summed E-state index contributed by atoms with van der Waals surface area (Å²) < 4.78 is 0. The number of hydrogen-bond donors (Lipinski definition) is 2. The minimum atomic E-state index is -0.789. The van der Waals surface area contributed by atoms with Gasteiger partial charge in [0.1, 0.15) is 0 Å². The number of carbonyl (C=O) groups excluding carboxylic acids is 4. The average molecular weight is 810 g/mol. The molecule has 57 heavy (non-hydrogen) atoms. The molecule has 1 saturated carbocycles. The summed E-state index contributed by atoms with van der Waals surface area (Å²) in [4.78, 5) is 65.0. The van der Waals surface area contributed by atoms with Crippen LogP contribution >= 0.6 is 23.2 Å². The van der Waals surface area contributed by atoms with Gasteiger partial charge in [0.05, 0.1) is 61.4 Å². The van der Waals surface area contributed by atoms with Crippen LogP contribution in [0, 0.1) is 17.8 Å². The lowest BCUT2D eigenvalue weighted by Crippen LogP contribution is -2.49. The Morgan fingerprint density at radius 3 is 2.25 bits per heavy atom. The third-order valence-electron chi connectivity index (χ3n) is 13.1. The maximum absolute atomic E-state index is 15.2. The van der Waals surface area contributed by atoms with E-state index in [0.29, 0.717) is 59.1 Å². The van der Waals surface area contributed by atoms with Gasteiger partial charge in [0.2, 0.25) is 11.8 Å². The fraction of sp³-hybridized carbons (Fsp3) is 0.422. The average Bonchev–Trinajstić information content (AvgIpc) is 3.95. The standard InChI is InChI=1S/C45H50Cl2N6O4/c1-25(2)40(54)52-20-19-48-39-36(37(52)27-17-18-30(46)31(47)23-27)43(57)51(7)45(39,5)24-28-22-29(28)41(55)53-33-16-12-11-15-32(33)49-38-35(42(56)50(6)44(38,3)4)34(53)21-26-13-9-8-10-14-26/h8-18,23,25,28-29,34,37,48-49H,19-22,24H2,1-7H3. The van der Waals surface area contributed by atoms with Crippen LogP contribution in [0.1, 0.15) is 64.6 Å². The van der Waals surface area contributed by atoms with Gasteiger partial charge in [-0.3, -0.25) is 19.2 Å². The molecule has 8 rings (SSSR count). The van der Waals surface area contributed by atoms with E-state index in [4.69, 9.17) is 23.2 Å². The van der Waals surface area contributed by atoms with Crippen molar-refractivity contribution < 1.29 is 19.2 Å². The zero-order valence-corrected chi connectivity index (χ0v) is 35.0. The highest BCUT2D eigenvalue weighted by molar-refractivity contribution is 6.42. The third kappa shape index (κ3) is 6.31. The molecular formula is C45H50Cl2N6O4. The first kappa shape index (κ1) is 39.0. The van der Waals surface area contributed by atoms with Crippen molar-refractivity contribution in [3.63, 3.8) is 0 Å². The second-order valence-electron chi connectivity index (χ2n) is 17.2. The second kappa shape index (κ2) is 14.2. The SMILES string of the molecule is CC(C)C(=O)N1CCNC2=C(C(=O)N(C)C2(C)CC2CC2C(=O)N2c3ccccc3NC3=C(C(=O)N(C)C3(C)C)C2Cc2ccccc2)C1c1ccc(Cl)c(Cl)c1. The summed E-state index contributed by atoms with van der Waals surface area (Å²) in [5.41, 5.74) is 4.54. The molecule has 1 fully saturated rings. The Bertz CT molecular complexity index is 2250. The van der Waals surface area contributed by atoms with Gasteiger partial charge in [0.15, 0.2) is 0 Å². The second-order valence-corrected chi connectivity index (χ2v) is 18.0. The highest BCUT2D eigenvalue weighted by atomic mass is 35.5. The normalized spacial score (nSPS) is 26.5. The summed E-state index contributed by atoms with van der Waals surface area (Å²) >= 11 is 12.9. The number of fused-ring (bicyclic) bond motifs is 1. The van der Waals surface area contributed by atoms with Crippen molar-refractivity contribution in [1.29, 1.82) is 0 Å². The molecule has 0 saturated heterocycles. The predicted molar refractivity (Wildman–Crippen MR) is 224 cm³/mol. The van der Waals surface area contributed by atoms with Crippen LogP contribution in [0.4, 0.5) is 11.4 Å². The van der Waals surface area contributed by atoms with E-state index >= 15 is 4.79 Å². The number of amides is 4. The fourth-order valence-electron chi connectivity index (χ4n) is 9.49. The summed E-state index contributed by atoms with van der Waals surface area (Å²) in [5, 5.41) is 7.95. The first-order chi connectivity index (χ1) is 27.1. The summed E-state index contributed by atoms with van der Waals surface area (Å²) in [6, 6.07) is 21.9. The lowest BCUT2D eigenvalue weighted by atomic mass is 9.87. The number of nitrogens with one attached hydrogen (secondary N) is 2. The summed E-state index contributed by atoms with van der Waals surface area (Å²) in [7, 11) is 3.63. The molecule has 5 aliphatic rings. The van der Waals surface area contributed by atoms with Gasteiger partial charge in [-0.2, -0.15) is 0 Å². The number of nitrogens with zero attached hydrogens (tertiary/aromatic N) is 4. The van der Waals surface area contributed by atoms with Crippen LogP contribution in [0.5, 0.6) is 0 Å². The van der Waals surface area contributed by atoms with Gasteiger partial charge in [-0.05, 0) is 81.3 Å². The predicted octanol–water partition coefficient (Wildman–Crippen LogP) is 7.21. The Kier molecular flexibility index (Phi) is 9.75. The van der Waals surface area contributed by atoms with Crippen molar-refractivity contribution in [2.45, 2.75) is 77.0 Å². The number of likely N-dealkylation sites (N-methyl/N-ethyl adjacent to an activating group) is 2. The van der Waals surface area contributed by atoms with Crippen LogP contribution in [0.2, 0.25) is 10.0 Å². The van der Waals surface area contributed by atoms with Gasteiger partial charge in [-0.1, -0.05) is 85.6 Å². The third-order valence-corrected chi connectivity index (χ3v) is 13.8. The first-order valence-corrected chi connectivity index (χ1v) is 20.6. The molecule has 12 heteroatoms. The molecule has 5 unspecified atom stereocenters. The highest BCUT2D eigenvalue weighted by Gasteiger charge is 2.58. The van der Waals surface area contributed by atoms with Gasteiger partial charge in [-0.25, -0.2) is 0 Å². The van der Waals surface area contributed by atoms with Crippen molar-refractivity contribution >= 4 is 58.2 Å². The number of para-hydroxylation sites is 2. The van der Waals surface area contributed by atoms with Crippen molar-refractivity contribution in [2.75, 3.05) is 37.4 Å². The summed E-state index contributed by atoms with van der Waals surface area (Å²) in [6.07, 6.45) is 1.64. The van der Waals surface area contributed by atoms with Crippen molar-refractivity contribution in [1.82, 2.24) is 20.0 Å². The van der Waals surface area contributed by atoms with Crippen LogP contribution in [-0.4, -0.2) is 82.6 Å². The monoisotopic (exact) mass is 808 g/mol. The lowest BCUT2D eigenvalue weighted by molar-refractivity contribution is -0.137. The molecule has 4 heterocycles. The van der Waals surface area contributed by atoms with E-state index in [-0.39, 0.29) is 41.4 Å². The van der Waals surface area contributed by atoms with Crippen LogP contribution in [0.15, 0.2) is 95.3 Å². The van der Waals surface area contributed by atoms with Gasteiger partial charge >= 0.3 is 0 Å². The van der Waals surface area contributed by atoms with Crippen LogP contribution in [-0.2, 0) is 25.6 Å². The molecule has 10 nitrogen and oxygen atoms in total. The Labute approximate surface area is 344 Å². The smallest absolute Gasteiger partial charge is 0.254 e. The molecule has 4 amide bonds. The zero-order valence-electron chi connectivity index (χ0n) is 33.5. The van der Waals surface area contributed by atoms with E-state index in [2.05, 4.69) is 17.6 Å². The molecule has 4 aliphatic heterocycles. The molecular weight excluding hydrogens is 759 g/mol. The minimum Gasteiger partial charge on any atom is -0.384 e. The largest absolute Gasteiger partial charge is 0.384 e. The van der Waals surface area contributed by atoms with Gasteiger partial charge in [0.25, 0.3) is 11.8 Å². The van der Waals surface area contributed by atoms with Crippen LogP contribution in [0.3, 0.4) is 0 Å². The molecule has 2 N–H and O–H groups in total. The van der Waals surface area contributed by atoms with Crippen LogP contribution in [0.25, 0.3) is 0 Å². The molecule has 298 valence electrons. The van der Waals surface area contributed by atoms with Gasteiger partial charge in [0, 0.05) is 44.7 Å². The van der Waals surface area contributed by atoms with E-state index in [0.717, 1.165) is 28.3 Å². The molecule has 0 radical (unpaired) electrons. The fourth-order valence-corrected chi connectivity index (χ4v) is 9.80. The lowest BCUT2D eigenvalue weighted by Gasteiger charge is -2.37. The molecule has 0 bridgehead atoms. The van der Waals surface area contributed by atoms with E-state index in [1.54, 1.807) is 26.8 Å². The highest BCUT2D eigenvalue weighted by Crippen LogP contribution is 2.54. The van der Waals surface area contributed by atoms with E-state index < -0.39 is 23.2 Å².